The lowest BCUT2D eigenvalue weighted by molar-refractivity contribution is -0.138. The van der Waals surface area contributed by atoms with Gasteiger partial charge in [-0.25, -0.2) is 0 Å². The molecule has 0 saturated carbocycles. The zero-order valence-corrected chi connectivity index (χ0v) is 13.4. The number of nitrogens with zero attached hydrogens (tertiary/aromatic N) is 2. The molecular weight excluding hydrogens is 363 g/mol. The number of halogens is 4. The minimum atomic E-state index is -4.45. The molecule has 0 bridgehead atoms. The van der Waals surface area contributed by atoms with E-state index >= 15 is 0 Å². The van der Waals surface area contributed by atoms with Crippen molar-refractivity contribution in [3.63, 3.8) is 0 Å². The molecule has 2 aromatic rings. The van der Waals surface area contributed by atoms with Crippen LogP contribution in [0, 0.1) is 6.92 Å². The number of carbonyl (C=O) groups excluding carboxylic acids is 1. The fraction of sp³-hybridized carbons (Fsp3) is 0.286. The Kier molecular flexibility index (Phi) is 4.60. The van der Waals surface area contributed by atoms with Crippen LogP contribution in [0.5, 0.6) is 0 Å². The molecule has 0 radical (unpaired) electrons. The van der Waals surface area contributed by atoms with E-state index in [1.807, 2.05) is 0 Å². The third-order valence-electron chi connectivity index (χ3n) is 3.24. The normalized spacial score (nSPS) is 11.5. The van der Waals surface area contributed by atoms with Crippen LogP contribution in [0.1, 0.15) is 27.3 Å². The van der Waals surface area contributed by atoms with Crippen LogP contribution in [0.4, 0.5) is 13.2 Å². The van der Waals surface area contributed by atoms with Gasteiger partial charge >= 0.3 is 6.18 Å². The summed E-state index contributed by atoms with van der Waals surface area (Å²) in [6.07, 6.45) is -4.45. The third kappa shape index (κ3) is 3.32. The van der Waals surface area contributed by atoms with Crippen molar-refractivity contribution in [3.8, 4) is 0 Å². The lowest BCUT2D eigenvalue weighted by Crippen LogP contribution is -2.25. The first-order valence-electron chi connectivity index (χ1n) is 6.34. The van der Waals surface area contributed by atoms with Gasteiger partial charge in [-0.15, -0.1) is 0 Å². The average molecular weight is 376 g/mol. The van der Waals surface area contributed by atoms with E-state index in [4.69, 9.17) is 0 Å². The number of rotatable bonds is 3. The van der Waals surface area contributed by atoms with Gasteiger partial charge in [0.15, 0.2) is 5.69 Å². The number of aromatic nitrogens is 2. The van der Waals surface area contributed by atoms with Crippen molar-refractivity contribution < 1.29 is 18.0 Å². The summed E-state index contributed by atoms with van der Waals surface area (Å²) < 4.78 is 40.7. The maximum atomic E-state index is 12.9. The number of hydrogen-bond donors (Lipinski definition) is 1. The van der Waals surface area contributed by atoms with Crippen molar-refractivity contribution >= 4 is 21.8 Å². The third-order valence-corrected chi connectivity index (χ3v) is 4.19. The van der Waals surface area contributed by atoms with Crippen LogP contribution in [0.25, 0.3) is 0 Å². The van der Waals surface area contributed by atoms with Crippen LogP contribution in [0.15, 0.2) is 28.7 Å². The summed E-state index contributed by atoms with van der Waals surface area (Å²) in [5, 5.41) is 6.49. The van der Waals surface area contributed by atoms with Crippen molar-refractivity contribution in [1.29, 1.82) is 0 Å². The van der Waals surface area contributed by atoms with Crippen molar-refractivity contribution in [2.75, 3.05) is 0 Å². The minimum absolute atomic E-state index is 0.00660. The molecule has 4 nitrogen and oxygen atoms in total. The molecular formula is C14H13BrF3N3O. The smallest absolute Gasteiger partial charge is 0.347 e. The Morgan fingerprint density at radius 3 is 2.55 bits per heavy atom. The standard InChI is InChI=1S/C14H13BrF3N3O/c1-8-11(15)12(20-21(8)2)13(22)19-7-9-5-3-4-6-10(9)14(16,17)18/h3-6H,7H2,1-2H3,(H,19,22). The highest BCUT2D eigenvalue weighted by Crippen LogP contribution is 2.31. The molecule has 8 heteroatoms. The number of hydrogen-bond acceptors (Lipinski definition) is 2. The first kappa shape index (κ1) is 16.5. The highest BCUT2D eigenvalue weighted by Gasteiger charge is 2.33. The van der Waals surface area contributed by atoms with Gasteiger partial charge in [0.1, 0.15) is 0 Å². The molecule has 1 aromatic heterocycles. The van der Waals surface area contributed by atoms with E-state index in [0.717, 1.165) is 11.8 Å². The maximum absolute atomic E-state index is 12.9. The van der Waals surface area contributed by atoms with E-state index in [0.29, 0.717) is 4.47 Å². The van der Waals surface area contributed by atoms with Crippen molar-refractivity contribution in [2.45, 2.75) is 19.6 Å². The Morgan fingerprint density at radius 1 is 1.36 bits per heavy atom. The summed E-state index contributed by atoms with van der Waals surface area (Å²) >= 11 is 3.25. The van der Waals surface area contributed by atoms with Gasteiger partial charge in [-0.1, -0.05) is 18.2 Å². The van der Waals surface area contributed by atoms with Gasteiger partial charge < -0.3 is 5.32 Å². The predicted octanol–water partition coefficient (Wildman–Crippen LogP) is 3.44. The summed E-state index contributed by atoms with van der Waals surface area (Å²) in [7, 11) is 1.68. The van der Waals surface area contributed by atoms with Crippen molar-refractivity contribution in [3.05, 3.63) is 51.3 Å². The fourth-order valence-electron chi connectivity index (χ4n) is 1.94. The number of carbonyl (C=O) groups is 1. The molecule has 0 aliphatic carbocycles. The Balaban J connectivity index is 2.17. The molecule has 0 fully saturated rings. The van der Waals surface area contributed by atoms with Crippen LogP contribution in [0.2, 0.25) is 0 Å². The summed E-state index contributed by atoms with van der Waals surface area (Å²) in [6.45, 7) is 1.55. The highest BCUT2D eigenvalue weighted by atomic mass is 79.9. The van der Waals surface area contributed by atoms with E-state index in [9.17, 15) is 18.0 Å². The Labute approximate surface area is 133 Å². The van der Waals surface area contributed by atoms with E-state index < -0.39 is 17.6 Å². The van der Waals surface area contributed by atoms with Crippen LogP contribution < -0.4 is 5.32 Å². The van der Waals surface area contributed by atoms with Gasteiger partial charge in [-0.2, -0.15) is 18.3 Å². The second kappa shape index (κ2) is 6.12. The summed E-state index contributed by atoms with van der Waals surface area (Å²) in [6, 6.07) is 5.13. The van der Waals surface area contributed by atoms with Gasteiger partial charge in [0.2, 0.25) is 0 Å². The van der Waals surface area contributed by atoms with E-state index in [1.54, 1.807) is 14.0 Å². The van der Waals surface area contributed by atoms with Crippen LogP contribution in [0.3, 0.4) is 0 Å². The van der Waals surface area contributed by atoms with Crippen LogP contribution in [-0.2, 0) is 19.8 Å². The lowest BCUT2D eigenvalue weighted by atomic mass is 10.1. The molecule has 0 aliphatic heterocycles. The van der Waals surface area contributed by atoms with Gasteiger partial charge in [-0.05, 0) is 34.5 Å². The predicted molar refractivity (Wildman–Crippen MR) is 78.3 cm³/mol. The number of nitrogens with one attached hydrogen (secondary N) is 1. The molecule has 2 rings (SSSR count). The molecule has 0 spiro atoms. The summed E-state index contributed by atoms with van der Waals surface area (Å²) in [4.78, 5) is 12.1. The number of amides is 1. The zero-order chi connectivity index (χ0) is 16.5. The van der Waals surface area contributed by atoms with E-state index in [-0.39, 0.29) is 17.8 Å². The fourth-order valence-corrected chi connectivity index (χ4v) is 2.45. The number of alkyl halides is 3. The Morgan fingerprint density at radius 2 is 2.00 bits per heavy atom. The highest BCUT2D eigenvalue weighted by molar-refractivity contribution is 9.10. The molecule has 1 aromatic carbocycles. The molecule has 1 heterocycles. The Bertz CT molecular complexity index is 710. The van der Waals surface area contributed by atoms with Crippen molar-refractivity contribution in [2.24, 2.45) is 7.05 Å². The number of aryl methyl sites for hydroxylation is 1. The van der Waals surface area contributed by atoms with Gasteiger partial charge in [-0.3, -0.25) is 9.48 Å². The molecule has 1 amide bonds. The van der Waals surface area contributed by atoms with Gasteiger partial charge in [0.05, 0.1) is 15.7 Å². The molecule has 0 unspecified atom stereocenters. The van der Waals surface area contributed by atoms with Gasteiger partial charge in [0, 0.05) is 13.6 Å². The quantitative estimate of drug-likeness (QED) is 0.892. The number of benzene rings is 1. The minimum Gasteiger partial charge on any atom is -0.347 e. The van der Waals surface area contributed by atoms with E-state index in [2.05, 4.69) is 26.3 Å². The molecule has 118 valence electrons. The SMILES string of the molecule is Cc1c(Br)c(C(=O)NCc2ccccc2C(F)(F)F)nn1C. The topological polar surface area (TPSA) is 46.9 Å². The lowest BCUT2D eigenvalue weighted by Gasteiger charge is -2.12. The first-order chi connectivity index (χ1) is 10.2. The monoisotopic (exact) mass is 375 g/mol. The molecule has 22 heavy (non-hydrogen) atoms. The molecule has 1 N–H and O–H groups in total. The second-order valence-corrected chi connectivity index (χ2v) is 5.50. The van der Waals surface area contributed by atoms with Crippen molar-refractivity contribution in [1.82, 2.24) is 15.1 Å². The first-order valence-corrected chi connectivity index (χ1v) is 7.13. The molecule has 0 atom stereocenters. The zero-order valence-electron chi connectivity index (χ0n) is 11.8. The summed E-state index contributed by atoms with van der Waals surface area (Å²) in [5.41, 5.74) is 0.143. The van der Waals surface area contributed by atoms with Gasteiger partial charge in [0.25, 0.3) is 5.91 Å². The Hall–Kier alpha value is -1.83. The second-order valence-electron chi connectivity index (χ2n) is 4.71. The van der Waals surface area contributed by atoms with Crippen LogP contribution in [-0.4, -0.2) is 15.7 Å². The van der Waals surface area contributed by atoms with Crippen LogP contribution >= 0.6 is 15.9 Å². The maximum Gasteiger partial charge on any atom is 0.416 e. The molecule has 0 aliphatic rings. The largest absolute Gasteiger partial charge is 0.416 e. The summed E-state index contributed by atoms with van der Waals surface area (Å²) in [5.74, 6) is -0.535. The van der Waals surface area contributed by atoms with E-state index in [1.165, 1.54) is 22.9 Å². The average Bonchev–Trinajstić information content (AvgIpc) is 2.72. The molecule has 0 saturated heterocycles.